The Balaban J connectivity index is 1.60. The summed E-state index contributed by atoms with van der Waals surface area (Å²) in [5.41, 5.74) is 1.26. The second kappa shape index (κ2) is 9.31. The quantitative estimate of drug-likeness (QED) is 0.731. The number of carbonyl (C=O) groups excluding carboxylic acids is 1. The SMILES string of the molecule is COc1cc(CNC(=O)c2ccc(Cl)cc2Cl)ccc1OC[C@@H]1CCCO1. The van der Waals surface area contributed by atoms with Crippen LogP contribution in [0.15, 0.2) is 36.4 Å². The zero-order chi connectivity index (χ0) is 19.2. The van der Waals surface area contributed by atoms with Crippen molar-refractivity contribution in [3.8, 4) is 11.5 Å². The number of nitrogens with one attached hydrogen (secondary N) is 1. The van der Waals surface area contributed by atoms with Gasteiger partial charge < -0.3 is 19.5 Å². The standard InChI is InChI=1S/C20H21Cl2NO4/c1-25-19-9-13(4-7-18(19)27-12-15-3-2-8-26-15)11-23-20(24)16-6-5-14(21)10-17(16)22/h4-7,9-10,15H,2-3,8,11-12H2,1H3,(H,23,24)/t15-/m0/s1. The van der Waals surface area contributed by atoms with E-state index in [1.165, 1.54) is 0 Å². The summed E-state index contributed by atoms with van der Waals surface area (Å²) in [5, 5.41) is 3.64. The van der Waals surface area contributed by atoms with Crippen LogP contribution in [-0.2, 0) is 11.3 Å². The van der Waals surface area contributed by atoms with Crippen LogP contribution in [0.2, 0.25) is 10.0 Å². The van der Waals surface area contributed by atoms with Crippen LogP contribution in [0.3, 0.4) is 0 Å². The highest BCUT2D eigenvalue weighted by Crippen LogP contribution is 2.29. The van der Waals surface area contributed by atoms with E-state index in [2.05, 4.69) is 5.32 Å². The van der Waals surface area contributed by atoms with Gasteiger partial charge in [-0.3, -0.25) is 4.79 Å². The summed E-state index contributed by atoms with van der Waals surface area (Å²) in [6.07, 6.45) is 2.22. The number of amides is 1. The highest BCUT2D eigenvalue weighted by atomic mass is 35.5. The van der Waals surface area contributed by atoms with Gasteiger partial charge in [0.1, 0.15) is 6.61 Å². The van der Waals surface area contributed by atoms with Gasteiger partial charge in [0.2, 0.25) is 0 Å². The van der Waals surface area contributed by atoms with E-state index < -0.39 is 0 Å². The average Bonchev–Trinajstić information content (AvgIpc) is 3.18. The number of carbonyl (C=O) groups is 1. The van der Waals surface area contributed by atoms with Gasteiger partial charge in [-0.15, -0.1) is 0 Å². The Hall–Kier alpha value is -1.95. The number of ether oxygens (including phenoxy) is 3. The van der Waals surface area contributed by atoms with Crippen molar-refractivity contribution in [3.63, 3.8) is 0 Å². The van der Waals surface area contributed by atoms with Crippen molar-refractivity contribution in [2.24, 2.45) is 0 Å². The molecule has 0 aromatic heterocycles. The largest absolute Gasteiger partial charge is 0.493 e. The fraction of sp³-hybridized carbons (Fsp3) is 0.350. The molecule has 0 radical (unpaired) electrons. The number of methoxy groups -OCH3 is 1. The normalized spacial score (nSPS) is 16.2. The number of hydrogen-bond donors (Lipinski definition) is 1. The fourth-order valence-electron chi connectivity index (χ4n) is 2.85. The van der Waals surface area contributed by atoms with E-state index in [0.717, 1.165) is 25.0 Å². The first-order chi connectivity index (χ1) is 13.1. The van der Waals surface area contributed by atoms with Crippen LogP contribution in [0, 0.1) is 0 Å². The maximum atomic E-state index is 12.3. The van der Waals surface area contributed by atoms with Crippen molar-refractivity contribution >= 4 is 29.1 Å². The van der Waals surface area contributed by atoms with Crippen LogP contribution in [-0.4, -0.2) is 32.3 Å². The minimum absolute atomic E-state index is 0.137. The molecule has 0 unspecified atom stereocenters. The van der Waals surface area contributed by atoms with E-state index in [1.54, 1.807) is 25.3 Å². The molecule has 1 atom stereocenters. The molecule has 0 aliphatic carbocycles. The molecule has 5 nitrogen and oxygen atoms in total. The molecule has 1 saturated heterocycles. The van der Waals surface area contributed by atoms with Crippen molar-refractivity contribution < 1.29 is 19.0 Å². The Morgan fingerprint density at radius 2 is 2.07 bits per heavy atom. The van der Waals surface area contributed by atoms with Gasteiger partial charge >= 0.3 is 0 Å². The van der Waals surface area contributed by atoms with E-state index in [9.17, 15) is 4.79 Å². The third-order valence-corrected chi connectivity index (χ3v) is 4.85. The molecule has 1 aliphatic rings. The van der Waals surface area contributed by atoms with Gasteiger partial charge in [-0.2, -0.15) is 0 Å². The third-order valence-electron chi connectivity index (χ3n) is 4.31. The highest BCUT2D eigenvalue weighted by Gasteiger charge is 2.17. The van der Waals surface area contributed by atoms with E-state index in [0.29, 0.717) is 40.3 Å². The maximum Gasteiger partial charge on any atom is 0.253 e. The Labute approximate surface area is 168 Å². The smallest absolute Gasteiger partial charge is 0.253 e. The lowest BCUT2D eigenvalue weighted by molar-refractivity contribution is 0.0669. The van der Waals surface area contributed by atoms with Gasteiger partial charge in [-0.05, 0) is 48.7 Å². The molecule has 1 fully saturated rings. The Bertz CT molecular complexity index is 807. The summed E-state index contributed by atoms with van der Waals surface area (Å²) in [6, 6.07) is 10.3. The van der Waals surface area contributed by atoms with Crippen LogP contribution >= 0.6 is 23.2 Å². The molecule has 1 heterocycles. The van der Waals surface area contributed by atoms with Gasteiger partial charge in [0.05, 0.1) is 23.8 Å². The summed E-state index contributed by atoms with van der Waals surface area (Å²) >= 11 is 11.9. The number of rotatable bonds is 7. The van der Waals surface area contributed by atoms with Crippen LogP contribution in [0.4, 0.5) is 0 Å². The summed E-state index contributed by atoms with van der Waals surface area (Å²) < 4.78 is 16.8. The first-order valence-corrected chi connectivity index (χ1v) is 9.47. The molecule has 2 aromatic rings. The topological polar surface area (TPSA) is 56.8 Å². The molecule has 1 amide bonds. The molecule has 0 bridgehead atoms. The van der Waals surface area contributed by atoms with Crippen molar-refractivity contribution in [3.05, 3.63) is 57.6 Å². The van der Waals surface area contributed by atoms with Gasteiger partial charge in [0.25, 0.3) is 5.91 Å². The number of halogens is 2. The fourth-order valence-corrected chi connectivity index (χ4v) is 3.35. The lowest BCUT2D eigenvalue weighted by atomic mass is 10.1. The van der Waals surface area contributed by atoms with E-state index in [1.807, 2.05) is 18.2 Å². The van der Waals surface area contributed by atoms with Crippen LogP contribution in [0.5, 0.6) is 11.5 Å². The molecule has 1 aliphatic heterocycles. The molecular formula is C20H21Cl2NO4. The number of benzene rings is 2. The average molecular weight is 410 g/mol. The molecule has 1 N–H and O–H groups in total. The zero-order valence-electron chi connectivity index (χ0n) is 15.0. The Morgan fingerprint density at radius 1 is 1.22 bits per heavy atom. The molecule has 0 saturated carbocycles. The maximum absolute atomic E-state index is 12.3. The van der Waals surface area contributed by atoms with Crippen molar-refractivity contribution in [1.29, 1.82) is 0 Å². The van der Waals surface area contributed by atoms with E-state index in [4.69, 9.17) is 37.4 Å². The molecule has 3 rings (SSSR count). The summed E-state index contributed by atoms with van der Waals surface area (Å²) in [5.74, 6) is 1.00. The van der Waals surface area contributed by atoms with Crippen LogP contribution < -0.4 is 14.8 Å². The number of hydrogen-bond acceptors (Lipinski definition) is 4. The van der Waals surface area contributed by atoms with Gasteiger partial charge in [-0.1, -0.05) is 29.3 Å². The van der Waals surface area contributed by atoms with E-state index >= 15 is 0 Å². The minimum Gasteiger partial charge on any atom is -0.493 e. The highest BCUT2D eigenvalue weighted by molar-refractivity contribution is 6.36. The third kappa shape index (κ3) is 5.28. The lowest BCUT2D eigenvalue weighted by Crippen LogP contribution is -2.23. The van der Waals surface area contributed by atoms with Gasteiger partial charge in [0, 0.05) is 18.2 Å². The van der Waals surface area contributed by atoms with Crippen molar-refractivity contribution in [2.45, 2.75) is 25.5 Å². The first kappa shape index (κ1) is 19.8. The van der Waals surface area contributed by atoms with Crippen molar-refractivity contribution in [2.75, 3.05) is 20.3 Å². The lowest BCUT2D eigenvalue weighted by Gasteiger charge is -2.15. The monoisotopic (exact) mass is 409 g/mol. The van der Waals surface area contributed by atoms with Gasteiger partial charge in [-0.25, -0.2) is 0 Å². The predicted octanol–water partition coefficient (Wildman–Crippen LogP) is 4.49. The minimum atomic E-state index is -0.269. The molecule has 27 heavy (non-hydrogen) atoms. The summed E-state index contributed by atoms with van der Waals surface area (Å²) in [7, 11) is 1.59. The van der Waals surface area contributed by atoms with E-state index in [-0.39, 0.29) is 12.0 Å². The molecule has 2 aromatic carbocycles. The van der Waals surface area contributed by atoms with Crippen LogP contribution in [0.1, 0.15) is 28.8 Å². The Morgan fingerprint density at radius 3 is 2.78 bits per heavy atom. The molecule has 144 valence electrons. The molecule has 0 spiro atoms. The second-order valence-corrected chi connectivity index (χ2v) is 7.08. The molecule has 7 heteroatoms. The zero-order valence-corrected chi connectivity index (χ0v) is 16.5. The Kier molecular flexibility index (Phi) is 6.83. The summed E-state index contributed by atoms with van der Waals surface area (Å²) in [6.45, 7) is 1.63. The molecular weight excluding hydrogens is 389 g/mol. The van der Waals surface area contributed by atoms with Gasteiger partial charge in [0.15, 0.2) is 11.5 Å². The second-order valence-electron chi connectivity index (χ2n) is 6.24. The van der Waals surface area contributed by atoms with Crippen molar-refractivity contribution in [1.82, 2.24) is 5.32 Å². The first-order valence-electron chi connectivity index (χ1n) is 8.71. The van der Waals surface area contributed by atoms with Crippen LogP contribution in [0.25, 0.3) is 0 Å². The summed E-state index contributed by atoms with van der Waals surface area (Å²) in [4.78, 5) is 12.3. The predicted molar refractivity (Wildman–Crippen MR) is 105 cm³/mol.